The lowest BCUT2D eigenvalue weighted by atomic mass is 10.2. The molecule has 0 unspecified atom stereocenters. The highest BCUT2D eigenvalue weighted by Gasteiger charge is 2.09. The fourth-order valence-corrected chi connectivity index (χ4v) is 3.46. The zero-order valence-electron chi connectivity index (χ0n) is 15.0. The van der Waals surface area contributed by atoms with E-state index in [0.717, 1.165) is 11.1 Å². The van der Waals surface area contributed by atoms with E-state index in [9.17, 15) is 13.2 Å². The summed E-state index contributed by atoms with van der Waals surface area (Å²) in [5.41, 5.74) is 3.23. The van der Waals surface area contributed by atoms with E-state index in [1.165, 1.54) is 6.26 Å². The third kappa shape index (κ3) is 4.17. The van der Waals surface area contributed by atoms with Crippen molar-refractivity contribution in [1.82, 2.24) is 14.3 Å². The van der Waals surface area contributed by atoms with E-state index in [2.05, 4.69) is 4.98 Å². The first-order valence-electron chi connectivity index (χ1n) is 8.19. The predicted octanol–water partition coefficient (Wildman–Crippen LogP) is 2.04. The second kappa shape index (κ2) is 7.01. The molecule has 6 nitrogen and oxygen atoms in total. The molecule has 26 heavy (non-hydrogen) atoms. The van der Waals surface area contributed by atoms with E-state index in [4.69, 9.17) is 0 Å². The second-order valence-electron chi connectivity index (χ2n) is 6.61. The number of aryl methyl sites for hydroxylation is 1. The van der Waals surface area contributed by atoms with Crippen molar-refractivity contribution in [2.24, 2.45) is 0 Å². The Morgan fingerprint density at radius 3 is 2.42 bits per heavy atom. The number of hydrogen-bond donors (Lipinski definition) is 0. The summed E-state index contributed by atoms with van der Waals surface area (Å²) < 4.78 is 24.6. The Kier molecular flexibility index (Phi) is 4.93. The Morgan fingerprint density at radius 1 is 1.08 bits per heavy atom. The maximum absolute atomic E-state index is 12.3. The lowest BCUT2D eigenvalue weighted by molar-refractivity contribution is 0.315. The third-order valence-electron chi connectivity index (χ3n) is 4.10. The van der Waals surface area contributed by atoms with Crippen LogP contribution in [0.1, 0.15) is 16.8 Å². The van der Waals surface area contributed by atoms with Crippen LogP contribution in [0, 0.1) is 6.92 Å². The standard InChI is InChI=1S/C19H21N3O3S/c1-14-4-9-18-20-16(10-19(23)22(18)11-14)13-21(2)12-15-5-7-17(8-6-15)26(3,24)25/h4-11H,12-13H2,1-3H3. The summed E-state index contributed by atoms with van der Waals surface area (Å²) in [4.78, 5) is 19.2. The molecular weight excluding hydrogens is 350 g/mol. The molecule has 2 aromatic heterocycles. The molecule has 0 fully saturated rings. The molecule has 136 valence electrons. The first kappa shape index (κ1) is 18.3. The lowest BCUT2D eigenvalue weighted by Gasteiger charge is -2.16. The molecule has 0 aliphatic heterocycles. The minimum absolute atomic E-state index is 0.0976. The maximum Gasteiger partial charge on any atom is 0.258 e. The van der Waals surface area contributed by atoms with Gasteiger partial charge in [0.15, 0.2) is 9.84 Å². The van der Waals surface area contributed by atoms with Crippen LogP contribution in [0.3, 0.4) is 0 Å². The summed E-state index contributed by atoms with van der Waals surface area (Å²) in [6, 6.07) is 12.2. The SMILES string of the molecule is Cc1ccc2nc(CN(C)Cc3ccc(S(C)(=O)=O)cc3)cc(=O)n2c1. The molecule has 0 aliphatic carbocycles. The van der Waals surface area contributed by atoms with E-state index in [1.807, 2.05) is 31.0 Å². The molecule has 1 aromatic carbocycles. The van der Waals surface area contributed by atoms with Gasteiger partial charge in [-0.1, -0.05) is 18.2 Å². The average molecular weight is 371 g/mol. The van der Waals surface area contributed by atoms with Crippen LogP contribution in [0.5, 0.6) is 0 Å². The first-order chi connectivity index (χ1) is 12.2. The van der Waals surface area contributed by atoms with Crippen LogP contribution >= 0.6 is 0 Å². The van der Waals surface area contributed by atoms with Crippen LogP contribution in [-0.4, -0.2) is 36.0 Å². The van der Waals surface area contributed by atoms with E-state index in [0.29, 0.717) is 29.3 Å². The van der Waals surface area contributed by atoms with E-state index in [-0.39, 0.29) is 5.56 Å². The van der Waals surface area contributed by atoms with Crippen LogP contribution in [0.25, 0.3) is 5.65 Å². The summed E-state index contributed by atoms with van der Waals surface area (Å²) in [6.07, 6.45) is 2.97. The molecule has 3 aromatic rings. The molecule has 0 radical (unpaired) electrons. The van der Waals surface area contributed by atoms with Crippen molar-refractivity contribution in [1.29, 1.82) is 0 Å². The Balaban J connectivity index is 1.76. The summed E-state index contributed by atoms with van der Waals surface area (Å²) in [5.74, 6) is 0. The molecule has 7 heteroatoms. The van der Waals surface area contributed by atoms with Crippen LogP contribution in [0.2, 0.25) is 0 Å². The topological polar surface area (TPSA) is 71.8 Å². The summed E-state index contributed by atoms with van der Waals surface area (Å²) >= 11 is 0. The van der Waals surface area contributed by atoms with Gasteiger partial charge in [0.2, 0.25) is 0 Å². The van der Waals surface area contributed by atoms with Gasteiger partial charge < -0.3 is 0 Å². The van der Waals surface area contributed by atoms with Gasteiger partial charge in [-0.15, -0.1) is 0 Å². The van der Waals surface area contributed by atoms with Crippen LogP contribution in [0.4, 0.5) is 0 Å². The van der Waals surface area contributed by atoms with Crippen molar-refractivity contribution in [3.05, 3.63) is 75.8 Å². The molecule has 0 bridgehead atoms. The van der Waals surface area contributed by atoms with Crippen molar-refractivity contribution in [2.75, 3.05) is 13.3 Å². The van der Waals surface area contributed by atoms with Crippen molar-refractivity contribution >= 4 is 15.5 Å². The molecule has 0 aliphatic rings. The largest absolute Gasteiger partial charge is 0.296 e. The average Bonchev–Trinajstić information content (AvgIpc) is 2.55. The highest BCUT2D eigenvalue weighted by Crippen LogP contribution is 2.12. The van der Waals surface area contributed by atoms with Crippen molar-refractivity contribution in [2.45, 2.75) is 24.9 Å². The number of nitrogens with zero attached hydrogens (tertiary/aromatic N) is 3. The number of pyridine rings is 1. The number of sulfone groups is 1. The number of rotatable bonds is 5. The van der Waals surface area contributed by atoms with Gasteiger partial charge in [-0.2, -0.15) is 0 Å². The van der Waals surface area contributed by atoms with Crippen molar-refractivity contribution in [3.8, 4) is 0 Å². The van der Waals surface area contributed by atoms with Crippen molar-refractivity contribution in [3.63, 3.8) is 0 Å². The Labute approximate surface area is 152 Å². The number of fused-ring (bicyclic) bond motifs is 1. The minimum Gasteiger partial charge on any atom is -0.296 e. The smallest absolute Gasteiger partial charge is 0.258 e. The molecular formula is C19H21N3O3S. The molecule has 0 N–H and O–H groups in total. The van der Waals surface area contributed by atoms with Gasteiger partial charge in [0.05, 0.1) is 10.6 Å². The zero-order chi connectivity index (χ0) is 18.9. The van der Waals surface area contributed by atoms with E-state index < -0.39 is 9.84 Å². The molecule has 3 rings (SSSR count). The third-order valence-corrected chi connectivity index (χ3v) is 5.22. The monoisotopic (exact) mass is 371 g/mol. The number of hydrogen-bond acceptors (Lipinski definition) is 5. The normalized spacial score (nSPS) is 12.0. The lowest BCUT2D eigenvalue weighted by Crippen LogP contribution is -2.22. The van der Waals surface area contributed by atoms with Crippen LogP contribution in [-0.2, 0) is 22.9 Å². The minimum atomic E-state index is -3.19. The van der Waals surface area contributed by atoms with Gasteiger partial charge in [-0.3, -0.25) is 14.1 Å². The van der Waals surface area contributed by atoms with Gasteiger partial charge in [0, 0.05) is 31.6 Å². The molecule has 2 heterocycles. The highest BCUT2D eigenvalue weighted by atomic mass is 32.2. The van der Waals surface area contributed by atoms with Gasteiger partial charge in [-0.25, -0.2) is 13.4 Å². The fraction of sp³-hybridized carbons (Fsp3) is 0.263. The van der Waals surface area contributed by atoms with Gasteiger partial charge in [-0.05, 0) is 43.3 Å². The van der Waals surface area contributed by atoms with Gasteiger partial charge in [0.25, 0.3) is 5.56 Å². The summed E-state index contributed by atoms with van der Waals surface area (Å²) in [7, 11) is -1.25. The van der Waals surface area contributed by atoms with Crippen LogP contribution < -0.4 is 5.56 Å². The Hall–Kier alpha value is -2.51. The molecule has 0 spiro atoms. The summed E-state index contributed by atoms with van der Waals surface area (Å²) in [6.45, 7) is 3.08. The molecule has 0 saturated heterocycles. The predicted molar refractivity (Wildman–Crippen MR) is 101 cm³/mol. The van der Waals surface area contributed by atoms with Gasteiger partial charge in [0.1, 0.15) is 5.65 Å². The van der Waals surface area contributed by atoms with Gasteiger partial charge >= 0.3 is 0 Å². The van der Waals surface area contributed by atoms with Crippen molar-refractivity contribution < 1.29 is 8.42 Å². The Morgan fingerprint density at radius 2 is 1.77 bits per heavy atom. The molecule has 0 atom stereocenters. The zero-order valence-corrected chi connectivity index (χ0v) is 15.8. The quantitative estimate of drug-likeness (QED) is 0.686. The number of aromatic nitrogens is 2. The van der Waals surface area contributed by atoms with E-state index in [1.54, 1.807) is 40.9 Å². The Bertz CT molecular complexity index is 1100. The maximum atomic E-state index is 12.3. The molecule has 0 amide bonds. The summed E-state index contributed by atoms with van der Waals surface area (Å²) in [5, 5.41) is 0. The van der Waals surface area contributed by atoms with E-state index >= 15 is 0 Å². The molecule has 0 saturated carbocycles. The second-order valence-corrected chi connectivity index (χ2v) is 8.62. The first-order valence-corrected chi connectivity index (χ1v) is 10.1. The fourth-order valence-electron chi connectivity index (χ4n) is 2.83. The van der Waals surface area contributed by atoms with Crippen LogP contribution in [0.15, 0.2) is 58.4 Å². The highest BCUT2D eigenvalue weighted by molar-refractivity contribution is 7.90. The number of benzene rings is 1.